The number of aryl methyl sites for hydroxylation is 1. The smallest absolute Gasteiger partial charge is 0.119 e. The van der Waals surface area contributed by atoms with Crippen LogP contribution in [0.15, 0.2) is 65.3 Å². The Kier molecular flexibility index (Phi) is 7.97. The highest BCUT2D eigenvalue weighted by atomic mass is 35.5. The van der Waals surface area contributed by atoms with Crippen LogP contribution >= 0.6 is 11.6 Å². The highest BCUT2D eigenvalue weighted by Crippen LogP contribution is 2.21. The van der Waals surface area contributed by atoms with Gasteiger partial charge in [0.25, 0.3) is 0 Å². The van der Waals surface area contributed by atoms with Crippen molar-refractivity contribution in [1.82, 2.24) is 4.90 Å². The molecule has 5 heteroatoms. The number of furan rings is 1. The minimum atomic E-state index is -0.633. The molecular formula is C25H30ClNO3. The molecule has 0 saturated carbocycles. The van der Waals surface area contributed by atoms with Gasteiger partial charge in [0.05, 0.1) is 12.8 Å². The highest BCUT2D eigenvalue weighted by Gasteiger charge is 2.15. The Balaban J connectivity index is 1.61. The second kappa shape index (κ2) is 10.7. The molecule has 0 aliphatic rings. The molecule has 0 spiro atoms. The summed E-state index contributed by atoms with van der Waals surface area (Å²) in [6.45, 7) is 8.34. The molecule has 3 rings (SSSR count). The first-order valence-electron chi connectivity index (χ1n) is 10.3. The number of hydrogen-bond donors (Lipinski definition) is 1. The maximum absolute atomic E-state index is 10.6. The molecule has 160 valence electrons. The van der Waals surface area contributed by atoms with E-state index >= 15 is 0 Å². The Labute approximate surface area is 184 Å². The zero-order chi connectivity index (χ0) is 21.5. The summed E-state index contributed by atoms with van der Waals surface area (Å²) in [5.41, 5.74) is 3.48. The van der Waals surface area contributed by atoms with Crippen molar-refractivity contribution in [2.75, 3.05) is 13.2 Å². The van der Waals surface area contributed by atoms with E-state index in [1.165, 1.54) is 11.1 Å². The van der Waals surface area contributed by atoms with Gasteiger partial charge in [0, 0.05) is 18.1 Å². The number of rotatable bonds is 10. The van der Waals surface area contributed by atoms with Crippen molar-refractivity contribution in [1.29, 1.82) is 0 Å². The van der Waals surface area contributed by atoms with Gasteiger partial charge in [0.2, 0.25) is 0 Å². The average molecular weight is 428 g/mol. The van der Waals surface area contributed by atoms with Crippen LogP contribution in [-0.4, -0.2) is 29.3 Å². The van der Waals surface area contributed by atoms with Crippen molar-refractivity contribution in [3.05, 3.63) is 88.3 Å². The summed E-state index contributed by atoms with van der Waals surface area (Å²) >= 11 is 6.06. The molecule has 0 aliphatic heterocycles. The van der Waals surface area contributed by atoms with Gasteiger partial charge in [-0.3, -0.25) is 4.90 Å². The van der Waals surface area contributed by atoms with Gasteiger partial charge < -0.3 is 14.3 Å². The molecule has 1 heterocycles. The van der Waals surface area contributed by atoms with Crippen LogP contribution < -0.4 is 4.74 Å². The first-order valence-corrected chi connectivity index (χ1v) is 10.7. The number of ether oxygens (including phenoxy) is 1. The molecule has 1 atom stereocenters. The third-order valence-corrected chi connectivity index (χ3v) is 5.48. The van der Waals surface area contributed by atoms with E-state index in [2.05, 4.69) is 43.0 Å². The molecule has 0 aliphatic carbocycles. The van der Waals surface area contributed by atoms with E-state index in [-0.39, 0.29) is 6.61 Å². The van der Waals surface area contributed by atoms with Crippen molar-refractivity contribution >= 4 is 11.6 Å². The van der Waals surface area contributed by atoms with Gasteiger partial charge in [-0.05, 0) is 59.9 Å². The Hall–Kier alpha value is -2.27. The molecule has 1 N–H and O–H groups in total. The van der Waals surface area contributed by atoms with E-state index in [0.717, 1.165) is 17.9 Å². The zero-order valence-corrected chi connectivity index (χ0v) is 18.6. The van der Waals surface area contributed by atoms with E-state index in [0.29, 0.717) is 29.8 Å². The summed E-state index contributed by atoms with van der Waals surface area (Å²) in [5, 5.41) is 11.3. The monoisotopic (exact) mass is 427 g/mol. The topological polar surface area (TPSA) is 45.8 Å². The van der Waals surface area contributed by atoms with E-state index in [9.17, 15) is 5.11 Å². The maximum atomic E-state index is 10.6. The van der Waals surface area contributed by atoms with Gasteiger partial charge in [0.15, 0.2) is 0 Å². The molecule has 1 unspecified atom stereocenters. The summed E-state index contributed by atoms with van der Waals surface area (Å²) in [5.74, 6) is 2.09. The van der Waals surface area contributed by atoms with Crippen molar-refractivity contribution in [2.24, 2.45) is 0 Å². The molecule has 0 radical (unpaired) electrons. The third-order valence-electron chi connectivity index (χ3n) is 5.05. The zero-order valence-electron chi connectivity index (χ0n) is 17.8. The summed E-state index contributed by atoms with van der Waals surface area (Å²) in [6, 6.07) is 18.0. The molecule has 4 nitrogen and oxygen atoms in total. The first kappa shape index (κ1) is 22.4. The van der Waals surface area contributed by atoms with Crippen LogP contribution in [0.25, 0.3) is 0 Å². The van der Waals surface area contributed by atoms with Crippen LogP contribution in [0.3, 0.4) is 0 Å². The second-order valence-corrected chi connectivity index (χ2v) is 8.43. The fraction of sp³-hybridized carbons (Fsp3) is 0.360. The van der Waals surface area contributed by atoms with Crippen molar-refractivity contribution < 1.29 is 14.3 Å². The SMILES string of the molecule is Cc1cc(OCC(O)CN(Cc2ccc(C(C)C)cc2)Cc2ccco2)ccc1Cl. The molecule has 1 aromatic heterocycles. The molecule has 0 bridgehead atoms. The summed E-state index contributed by atoms with van der Waals surface area (Å²) in [7, 11) is 0. The number of halogens is 1. The van der Waals surface area contributed by atoms with Crippen LogP contribution in [0.5, 0.6) is 5.75 Å². The van der Waals surface area contributed by atoms with Gasteiger partial charge in [0.1, 0.15) is 24.2 Å². The minimum absolute atomic E-state index is 0.210. The van der Waals surface area contributed by atoms with Crippen LogP contribution in [0, 0.1) is 6.92 Å². The quantitative estimate of drug-likeness (QED) is 0.443. The van der Waals surface area contributed by atoms with Crippen LogP contribution in [0.1, 0.15) is 42.2 Å². The molecule has 3 aromatic rings. The molecule has 30 heavy (non-hydrogen) atoms. The lowest BCUT2D eigenvalue weighted by molar-refractivity contribution is 0.0604. The summed E-state index contributed by atoms with van der Waals surface area (Å²) in [6.07, 6.45) is 1.04. The normalized spacial score (nSPS) is 12.5. The van der Waals surface area contributed by atoms with Crippen LogP contribution in [0.2, 0.25) is 5.02 Å². The van der Waals surface area contributed by atoms with Gasteiger partial charge in [-0.1, -0.05) is 49.7 Å². The number of nitrogens with zero attached hydrogens (tertiary/aromatic N) is 1. The van der Waals surface area contributed by atoms with Gasteiger partial charge >= 0.3 is 0 Å². The molecule has 0 amide bonds. The lowest BCUT2D eigenvalue weighted by Gasteiger charge is -2.24. The fourth-order valence-corrected chi connectivity index (χ4v) is 3.44. The standard InChI is InChI=1S/C25H30ClNO3/c1-18(2)21-8-6-20(7-9-21)14-27(16-24-5-4-12-29-24)15-22(28)17-30-23-10-11-25(26)19(3)13-23/h4-13,18,22,28H,14-17H2,1-3H3. The Morgan fingerprint density at radius 1 is 1.07 bits per heavy atom. The highest BCUT2D eigenvalue weighted by molar-refractivity contribution is 6.31. The third kappa shape index (κ3) is 6.63. The number of aliphatic hydroxyl groups is 1. The first-order chi connectivity index (χ1) is 14.4. The number of aliphatic hydroxyl groups excluding tert-OH is 1. The van der Waals surface area contributed by atoms with E-state index in [4.69, 9.17) is 20.8 Å². The molecular weight excluding hydrogens is 398 g/mol. The van der Waals surface area contributed by atoms with Gasteiger partial charge in [-0.25, -0.2) is 0 Å². The molecule has 0 saturated heterocycles. The lowest BCUT2D eigenvalue weighted by atomic mass is 10.0. The van der Waals surface area contributed by atoms with E-state index < -0.39 is 6.10 Å². The Morgan fingerprint density at radius 3 is 2.47 bits per heavy atom. The van der Waals surface area contributed by atoms with Gasteiger partial charge in [-0.2, -0.15) is 0 Å². The van der Waals surface area contributed by atoms with Crippen molar-refractivity contribution in [2.45, 2.75) is 45.9 Å². The summed E-state index contributed by atoms with van der Waals surface area (Å²) in [4.78, 5) is 2.17. The van der Waals surface area contributed by atoms with Crippen molar-refractivity contribution in [3.8, 4) is 5.75 Å². The number of hydrogen-bond acceptors (Lipinski definition) is 4. The van der Waals surface area contributed by atoms with Crippen LogP contribution in [0.4, 0.5) is 0 Å². The Morgan fingerprint density at radius 2 is 1.83 bits per heavy atom. The largest absolute Gasteiger partial charge is 0.491 e. The van der Waals surface area contributed by atoms with Crippen LogP contribution in [-0.2, 0) is 13.1 Å². The fourth-order valence-electron chi connectivity index (χ4n) is 3.32. The summed E-state index contributed by atoms with van der Waals surface area (Å²) < 4.78 is 11.3. The maximum Gasteiger partial charge on any atom is 0.119 e. The molecule has 0 fully saturated rings. The molecule has 2 aromatic carbocycles. The van der Waals surface area contributed by atoms with Gasteiger partial charge in [-0.15, -0.1) is 0 Å². The minimum Gasteiger partial charge on any atom is -0.491 e. The Bertz CT molecular complexity index is 907. The average Bonchev–Trinajstić information content (AvgIpc) is 3.22. The second-order valence-electron chi connectivity index (χ2n) is 8.02. The van der Waals surface area contributed by atoms with Crippen molar-refractivity contribution in [3.63, 3.8) is 0 Å². The van der Waals surface area contributed by atoms with E-state index in [1.54, 1.807) is 6.26 Å². The lowest BCUT2D eigenvalue weighted by Crippen LogP contribution is -2.35. The predicted molar refractivity (Wildman–Crippen MR) is 121 cm³/mol. The van der Waals surface area contributed by atoms with E-state index in [1.807, 2.05) is 37.3 Å². The number of benzene rings is 2. The predicted octanol–water partition coefficient (Wildman–Crippen LogP) is 5.81.